The van der Waals surface area contributed by atoms with E-state index in [4.69, 9.17) is 21.7 Å². The van der Waals surface area contributed by atoms with E-state index in [9.17, 15) is 10.1 Å². The highest BCUT2D eigenvalue weighted by molar-refractivity contribution is 5.61. The largest absolute Gasteiger partial charge is 0.395 e. The Morgan fingerprint density at radius 2 is 2.00 bits per heavy atom. The van der Waals surface area contributed by atoms with Crippen molar-refractivity contribution < 1.29 is 4.92 Å². The number of para-hydroxylation sites is 2. The average Bonchev–Trinajstić information content (AvgIpc) is 2.48. The van der Waals surface area contributed by atoms with Crippen molar-refractivity contribution in [3.63, 3.8) is 0 Å². The number of nitrogens with one attached hydrogen (secondary N) is 1. The number of nitrogen functional groups attached to an aromatic ring is 1. The Kier molecular flexibility index (Phi) is 3.33. The van der Waals surface area contributed by atoms with Crippen molar-refractivity contribution in [1.82, 2.24) is 9.78 Å². The summed E-state index contributed by atoms with van der Waals surface area (Å²) in [5.41, 5.74) is 4.05. The summed E-state index contributed by atoms with van der Waals surface area (Å²) in [6.45, 7) is 0. The van der Waals surface area contributed by atoms with Crippen LogP contribution in [0.5, 0.6) is 0 Å². The molecule has 0 bridgehead atoms. The topological polar surface area (TPSA) is 158 Å². The Morgan fingerprint density at radius 1 is 1.33 bits per heavy atom. The number of hydrogen-bond acceptors (Lipinski definition) is 7. The van der Waals surface area contributed by atoms with Crippen molar-refractivity contribution >= 4 is 11.4 Å². The zero-order chi connectivity index (χ0) is 15.6. The van der Waals surface area contributed by atoms with Crippen LogP contribution in [0.25, 0.3) is 5.69 Å². The van der Waals surface area contributed by atoms with Crippen LogP contribution in [0.1, 0.15) is 11.3 Å². The fourth-order valence-electron chi connectivity index (χ4n) is 1.72. The van der Waals surface area contributed by atoms with Gasteiger partial charge < -0.3 is 5.73 Å². The number of nitriles is 2. The number of anilines is 1. The first-order chi connectivity index (χ1) is 10.0. The average molecular weight is 281 g/mol. The minimum atomic E-state index is -0.641. The number of benzene rings is 1. The summed E-state index contributed by atoms with van der Waals surface area (Å²) in [7, 11) is 0. The standard InChI is InChI=1S/C12H7N7O2/c13-5-7-11(15)8(6-14)17-18(12(7)16)9-3-1-2-4-10(9)19(20)21/h1-4,16H,15H2. The fourth-order valence-corrected chi connectivity index (χ4v) is 1.72. The molecule has 3 N–H and O–H groups in total. The number of rotatable bonds is 2. The molecule has 0 atom stereocenters. The van der Waals surface area contributed by atoms with E-state index in [2.05, 4.69) is 5.10 Å². The molecule has 2 aromatic rings. The highest BCUT2D eigenvalue weighted by Crippen LogP contribution is 2.21. The summed E-state index contributed by atoms with van der Waals surface area (Å²) in [6, 6.07) is 8.97. The first-order valence-corrected chi connectivity index (χ1v) is 5.52. The first kappa shape index (κ1) is 13.7. The second-order valence-electron chi connectivity index (χ2n) is 3.87. The molecule has 21 heavy (non-hydrogen) atoms. The van der Waals surface area contributed by atoms with Gasteiger partial charge in [-0.3, -0.25) is 15.5 Å². The predicted octanol–water partition coefficient (Wildman–Crippen LogP) is 0.586. The van der Waals surface area contributed by atoms with Crippen molar-refractivity contribution in [2.45, 2.75) is 0 Å². The predicted molar refractivity (Wildman–Crippen MR) is 69.9 cm³/mol. The van der Waals surface area contributed by atoms with Gasteiger partial charge in [0, 0.05) is 6.07 Å². The van der Waals surface area contributed by atoms with E-state index in [0.717, 1.165) is 4.68 Å². The van der Waals surface area contributed by atoms with Crippen LogP contribution in [-0.2, 0) is 0 Å². The third-order valence-electron chi connectivity index (χ3n) is 2.70. The van der Waals surface area contributed by atoms with Crippen molar-refractivity contribution in [3.05, 3.63) is 51.1 Å². The molecule has 1 aromatic heterocycles. The quantitative estimate of drug-likeness (QED) is 0.605. The minimum Gasteiger partial charge on any atom is -0.395 e. The second kappa shape index (κ2) is 5.11. The molecule has 2 rings (SSSR count). The van der Waals surface area contributed by atoms with Gasteiger partial charge in [0.1, 0.15) is 23.4 Å². The van der Waals surface area contributed by atoms with Crippen LogP contribution in [0.2, 0.25) is 0 Å². The number of nitrogens with two attached hydrogens (primary N) is 1. The molecule has 0 aliphatic rings. The van der Waals surface area contributed by atoms with Gasteiger partial charge in [-0.1, -0.05) is 12.1 Å². The SMILES string of the molecule is N#Cc1nn(-c2ccccc2[N+](=O)[O-])c(=N)c(C#N)c1N. The Balaban J connectivity index is 2.91. The van der Waals surface area contributed by atoms with Gasteiger partial charge in [-0.05, 0) is 6.07 Å². The second-order valence-corrected chi connectivity index (χ2v) is 3.87. The number of nitro groups is 1. The third kappa shape index (κ3) is 2.15. The molecule has 0 radical (unpaired) electrons. The minimum absolute atomic E-state index is 0.0273. The Hall–Kier alpha value is -3.72. The summed E-state index contributed by atoms with van der Waals surface area (Å²) < 4.78 is 0.853. The van der Waals surface area contributed by atoms with E-state index < -0.39 is 10.4 Å². The molecule has 0 fully saturated rings. The van der Waals surface area contributed by atoms with Crippen LogP contribution >= 0.6 is 0 Å². The van der Waals surface area contributed by atoms with Crippen LogP contribution in [0.3, 0.4) is 0 Å². The molecule has 0 spiro atoms. The molecule has 0 saturated heterocycles. The maximum atomic E-state index is 11.0. The lowest BCUT2D eigenvalue weighted by molar-refractivity contribution is -0.384. The van der Waals surface area contributed by atoms with Gasteiger partial charge in [0.2, 0.25) is 0 Å². The van der Waals surface area contributed by atoms with E-state index >= 15 is 0 Å². The molecule has 9 heteroatoms. The molecule has 0 amide bonds. The molecule has 1 heterocycles. The maximum Gasteiger partial charge on any atom is 0.294 e. The summed E-state index contributed by atoms with van der Waals surface area (Å²) in [5.74, 6) is 0. The van der Waals surface area contributed by atoms with Gasteiger partial charge in [0.15, 0.2) is 11.2 Å². The summed E-state index contributed by atoms with van der Waals surface area (Å²) in [5, 5.41) is 40.7. The van der Waals surface area contributed by atoms with E-state index in [-0.39, 0.29) is 28.3 Å². The lowest BCUT2D eigenvalue weighted by Gasteiger charge is -2.09. The van der Waals surface area contributed by atoms with Gasteiger partial charge in [-0.2, -0.15) is 15.6 Å². The normalized spacial score (nSPS) is 9.62. The Bertz CT molecular complexity index is 886. The van der Waals surface area contributed by atoms with Crippen molar-refractivity contribution in [2.75, 3.05) is 5.73 Å². The van der Waals surface area contributed by atoms with Crippen LogP contribution in [0.15, 0.2) is 24.3 Å². The molecule has 102 valence electrons. The lowest BCUT2D eigenvalue weighted by Crippen LogP contribution is -2.27. The summed E-state index contributed by atoms with van der Waals surface area (Å²) >= 11 is 0. The van der Waals surface area contributed by atoms with Gasteiger partial charge in [-0.15, -0.1) is 0 Å². The van der Waals surface area contributed by atoms with Crippen LogP contribution < -0.4 is 11.2 Å². The van der Waals surface area contributed by atoms with E-state index in [1.165, 1.54) is 24.3 Å². The number of nitro benzene ring substituents is 1. The first-order valence-electron chi connectivity index (χ1n) is 5.52. The highest BCUT2D eigenvalue weighted by atomic mass is 16.6. The third-order valence-corrected chi connectivity index (χ3v) is 2.70. The van der Waals surface area contributed by atoms with Crippen molar-refractivity contribution in [1.29, 1.82) is 15.9 Å². The maximum absolute atomic E-state index is 11.0. The van der Waals surface area contributed by atoms with Gasteiger partial charge in [0.25, 0.3) is 5.69 Å². The molecule has 0 saturated carbocycles. The van der Waals surface area contributed by atoms with Gasteiger partial charge in [0.05, 0.1) is 10.6 Å². The molecular formula is C12H7N7O2. The van der Waals surface area contributed by atoms with E-state index in [1.54, 1.807) is 12.1 Å². The van der Waals surface area contributed by atoms with Gasteiger partial charge >= 0.3 is 0 Å². The van der Waals surface area contributed by atoms with Crippen LogP contribution in [0.4, 0.5) is 11.4 Å². The Labute approximate surface area is 117 Å². The van der Waals surface area contributed by atoms with Crippen LogP contribution in [0, 0.1) is 38.2 Å². The van der Waals surface area contributed by atoms with Crippen molar-refractivity contribution in [2.24, 2.45) is 0 Å². The Morgan fingerprint density at radius 3 is 2.57 bits per heavy atom. The number of aromatic nitrogens is 2. The fraction of sp³-hybridized carbons (Fsp3) is 0. The number of nitrogens with zero attached hydrogens (tertiary/aromatic N) is 5. The molecule has 0 aliphatic carbocycles. The molecule has 0 unspecified atom stereocenters. The highest BCUT2D eigenvalue weighted by Gasteiger charge is 2.19. The summed E-state index contributed by atoms with van der Waals surface area (Å²) in [4.78, 5) is 10.4. The van der Waals surface area contributed by atoms with E-state index in [0.29, 0.717) is 0 Å². The lowest BCUT2D eigenvalue weighted by atomic mass is 10.2. The van der Waals surface area contributed by atoms with Crippen molar-refractivity contribution in [3.8, 4) is 17.8 Å². The number of hydrogen-bond donors (Lipinski definition) is 2. The van der Waals surface area contributed by atoms with Crippen LogP contribution in [-0.4, -0.2) is 14.7 Å². The summed E-state index contributed by atoms with van der Waals surface area (Å²) in [6.07, 6.45) is 0. The zero-order valence-electron chi connectivity index (χ0n) is 10.4. The smallest absolute Gasteiger partial charge is 0.294 e. The molecule has 0 aliphatic heterocycles. The molecular weight excluding hydrogens is 274 g/mol. The van der Waals surface area contributed by atoms with E-state index in [1.807, 2.05) is 0 Å². The molecule has 9 nitrogen and oxygen atoms in total. The molecule has 1 aromatic carbocycles. The van der Waals surface area contributed by atoms with Gasteiger partial charge in [-0.25, -0.2) is 4.68 Å². The zero-order valence-corrected chi connectivity index (χ0v) is 10.4. The monoisotopic (exact) mass is 281 g/mol.